The molecule has 4 nitrogen and oxygen atoms in total. The molecule has 2 aromatic carbocycles. The molecule has 156 valence electrons. The van der Waals surface area contributed by atoms with E-state index in [1.165, 1.54) is 6.08 Å². The monoisotopic (exact) mass is 475 g/mol. The van der Waals surface area contributed by atoms with Crippen LogP contribution in [0.3, 0.4) is 0 Å². The van der Waals surface area contributed by atoms with Gasteiger partial charge < -0.3 is 14.3 Å². The van der Waals surface area contributed by atoms with Crippen molar-refractivity contribution in [3.63, 3.8) is 0 Å². The van der Waals surface area contributed by atoms with Gasteiger partial charge in [0, 0.05) is 18.6 Å². The second kappa shape index (κ2) is 12.2. The van der Waals surface area contributed by atoms with Gasteiger partial charge in [0.15, 0.2) is 5.75 Å². The first-order valence-corrected chi connectivity index (χ1v) is 10.4. The van der Waals surface area contributed by atoms with Crippen LogP contribution in [0.1, 0.15) is 25.0 Å². The number of benzene rings is 2. The summed E-state index contributed by atoms with van der Waals surface area (Å²) < 4.78 is 11.4. The topological polar surface area (TPSA) is 40.0 Å². The zero-order valence-corrected chi connectivity index (χ0v) is 19.0. The highest BCUT2D eigenvalue weighted by atomic mass is 35.5. The van der Waals surface area contributed by atoms with Gasteiger partial charge in [-0.3, -0.25) is 0 Å². The third-order valence-corrected chi connectivity index (χ3v) is 4.42. The molecule has 0 amide bonds. The van der Waals surface area contributed by atoms with Crippen LogP contribution in [-0.4, -0.2) is 25.5 Å². The third-order valence-electron chi connectivity index (χ3n) is 3.55. The van der Waals surface area contributed by atoms with E-state index in [9.17, 15) is 0 Å². The maximum atomic E-state index is 6.27. The molecule has 0 aliphatic rings. The number of ether oxygens (including phenoxy) is 2. The second-order valence-electron chi connectivity index (χ2n) is 6.25. The fraction of sp³-hybridized carbons (Fsp3) is 0.286. The van der Waals surface area contributed by atoms with Gasteiger partial charge in [-0.05, 0) is 31.1 Å². The van der Waals surface area contributed by atoms with Crippen molar-refractivity contribution in [1.82, 2.24) is 0 Å². The summed E-state index contributed by atoms with van der Waals surface area (Å²) >= 11 is 23.6. The van der Waals surface area contributed by atoms with Crippen molar-refractivity contribution in [1.29, 1.82) is 0 Å². The molecule has 0 atom stereocenters. The molecule has 0 radical (unpaired) electrons. The van der Waals surface area contributed by atoms with E-state index in [1.807, 2.05) is 38.1 Å². The summed E-state index contributed by atoms with van der Waals surface area (Å²) in [4.78, 5) is 5.15. The SMILES string of the molecule is CC(C)ON=Cc1ccc(CCOc2c(Cl)cc(OCC=C(Cl)Cl)cc2Cl)cc1. The van der Waals surface area contributed by atoms with Gasteiger partial charge in [0.05, 0.1) is 22.9 Å². The van der Waals surface area contributed by atoms with E-state index in [0.29, 0.717) is 34.6 Å². The van der Waals surface area contributed by atoms with Crippen LogP contribution in [0.5, 0.6) is 11.5 Å². The first kappa shape index (κ1) is 23.7. The Labute approximate surface area is 190 Å². The van der Waals surface area contributed by atoms with Gasteiger partial charge in [-0.25, -0.2) is 0 Å². The highest BCUT2D eigenvalue weighted by Crippen LogP contribution is 2.37. The van der Waals surface area contributed by atoms with Gasteiger partial charge in [0.2, 0.25) is 0 Å². The van der Waals surface area contributed by atoms with E-state index in [1.54, 1.807) is 18.3 Å². The minimum atomic E-state index is 0.0583. The molecule has 2 rings (SSSR count). The zero-order valence-electron chi connectivity index (χ0n) is 16.0. The Morgan fingerprint density at radius 2 is 1.69 bits per heavy atom. The standard InChI is InChI=1S/C21H21Cl4NO3/c1-14(2)29-26-13-16-5-3-15(4-6-16)7-9-28-21-18(22)11-17(12-19(21)23)27-10-8-20(24)25/h3-6,8,11-14H,7,9-10H2,1-2H3. The van der Waals surface area contributed by atoms with Crippen molar-refractivity contribution >= 4 is 52.6 Å². The molecule has 0 saturated heterocycles. The van der Waals surface area contributed by atoms with Crippen molar-refractivity contribution in [2.75, 3.05) is 13.2 Å². The highest BCUT2D eigenvalue weighted by Gasteiger charge is 2.11. The summed E-state index contributed by atoms with van der Waals surface area (Å²) in [7, 11) is 0. The lowest BCUT2D eigenvalue weighted by Crippen LogP contribution is -2.03. The van der Waals surface area contributed by atoms with E-state index in [-0.39, 0.29) is 17.2 Å². The number of oxime groups is 1. The molecule has 0 unspecified atom stereocenters. The van der Waals surface area contributed by atoms with Crippen molar-refractivity contribution < 1.29 is 14.3 Å². The number of hydrogen-bond acceptors (Lipinski definition) is 4. The van der Waals surface area contributed by atoms with E-state index in [2.05, 4.69) is 5.16 Å². The lowest BCUT2D eigenvalue weighted by molar-refractivity contribution is 0.0874. The fourth-order valence-electron chi connectivity index (χ4n) is 2.21. The third kappa shape index (κ3) is 8.75. The van der Waals surface area contributed by atoms with Crippen LogP contribution < -0.4 is 9.47 Å². The number of nitrogens with zero attached hydrogens (tertiary/aromatic N) is 1. The van der Waals surface area contributed by atoms with Gasteiger partial charge in [-0.15, -0.1) is 0 Å². The maximum absolute atomic E-state index is 6.27. The maximum Gasteiger partial charge on any atom is 0.156 e. The molecule has 0 fully saturated rings. The molecule has 0 aliphatic carbocycles. The molecule has 0 aliphatic heterocycles. The predicted octanol–water partition coefficient (Wildman–Crippen LogP) is 7.07. The van der Waals surface area contributed by atoms with Crippen molar-refractivity contribution in [3.05, 3.63) is 68.1 Å². The van der Waals surface area contributed by atoms with Crippen LogP contribution in [0.2, 0.25) is 10.0 Å². The molecule has 0 spiro atoms. The van der Waals surface area contributed by atoms with Crippen LogP contribution in [0.4, 0.5) is 0 Å². The molecular weight excluding hydrogens is 456 g/mol. The molecule has 8 heteroatoms. The summed E-state index contributed by atoms with van der Waals surface area (Å²) in [6.07, 6.45) is 3.96. The van der Waals surface area contributed by atoms with Crippen molar-refractivity contribution in [3.8, 4) is 11.5 Å². The Morgan fingerprint density at radius 3 is 2.28 bits per heavy atom. The van der Waals surface area contributed by atoms with E-state index in [4.69, 9.17) is 60.7 Å². The normalized spacial score (nSPS) is 11.0. The lowest BCUT2D eigenvalue weighted by atomic mass is 10.1. The second-order valence-corrected chi connectivity index (χ2v) is 8.07. The number of hydrogen-bond donors (Lipinski definition) is 0. The fourth-order valence-corrected chi connectivity index (χ4v) is 2.92. The zero-order chi connectivity index (χ0) is 21.2. The highest BCUT2D eigenvalue weighted by molar-refractivity contribution is 6.55. The molecular formula is C21H21Cl4NO3. The summed E-state index contributed by atoms with van der Waals surface area (Å²) in [5.74, 6) is 0.915. The Hall–Kier alpha value is -1.59. The van der Waals surface area contributed by atoms with Gasteiger partial charge in [-0.1, -0.05) is 75.8 Å². The van der Waals surface area contributed by atoms with Crippen LogP contribution in [0, 0.1) is 0 Å². The average molecular weight is 477 g/mol. The van der Waals surface area contributed by atoms with E-state index >= 15 is 0 Å². The molecule has 0 bridgehead atoms. The largest absolute Gasteiger partial charge is 0.490 e. The summed E-state index contributed by atoms with van der Waals surface area (Å²) in [5, 5.41) is 4.65. The molecule has 0 saturated carbocycles. The first-order valence-electron chi connectivity index (χ1n) is 8.89. The van der Waals surface area contributed by atoms with E-state index in [0.717, 1.165) is 11.1 Å². The number of rotatable bonds is 10. The Balaban J connectivity index is 1.88. The predicted molar refractivity (Wildman–Crippen MR) is 121 cm³/mol. The van der Waals surface area contributed by atoms with Gasteiger partial charge in [0.1, 0.15) is 23.0 Å². The first-order chi connectivity index (χ1) is 13.8. The molecule has 29 heavy (non-hydrogen) atoms. The molecule has 0 N–H and O–H groups in total. The minimum absolute atomic E-state index is 0.0583. The van der Waals surface area contributed by atoms with Crippen LogP contribution in [-0.2, 0) is 11.3 Å². The Morgan fingerprint density at radius 1 is 1.03 bits per heavy atom. The Bertz CT molecular complexity index is 824. The van der Waals surface area contributed by atoms with Gasteiger partial charge in [-0.2, -0.15) is 0 Å². The minimum Gasteiger partial charge on any atom is -0.490 e. The summed E-state index contributed by atoms with van der Waals surface area (Å²) in [6.45, 7) is 4.48. The van der Waals surface area contributed by atoms with Crippen LogP contribution >= 0.6 is 46.4 Å². The van der Waals surface area contributed by atoms with Gasteiger partial charge >= 0.3 is 0 Å². The molecule has 0 heterocycles. The van der Waals surface area contributed by atoms with Gasteiger partial charge in [0.25, 0.3) is 0 Å². The number of halogens is 4. The van der Waals surface area contributed by atoms with E-state index < -0.39 is 0 Å². The molecule has 0 aromatic heterocycles. The smallest absolute Gasteiger partial charge is 0.156 e. The summed E-state index contributed by atoms with van der Waals surface area (Å²) in [5.41, 5.74) is 2.08. The molecule has 2 aromatic rings. The Kier molecular flexibility index (Phi) is 9.95. The van der Waals surface area contributed by atoms with Crippen LogP contribution in [0.25, 0.3) is 0 Å². The average Bonchev–Trinajstić information content (AvgIpc) is 2.64. The van der Waals surface area contributed by atoms with Crippen molar-refractivity contribution in [2.24, 2.45) is 5.16 Å². The lowest BCUT2D eigenvalue weighted by Gasteiger charge is -2.12. The summed E-state index contributed by atoms with van der Waals surface area (Å²) in [6, 6.07) is 11.2. The quantitative estimate of drug-likeness (QED) is 0.272. The van der Waals surface area contributed by atoms with Crippen molar-refractivity contribution in [2.45, 2.75) is 26.4 Å². The van der Waals surface area contributed by atoms with Crippen LogP contribution in [0.15, 0.2) is 52.1 Å².